The van der Waals surface area contributed by atoms with Crippen LogP contribution in [0, 0.1) is 19.8 Å². The average Bonchev–Trinajstić information content (AvgIpc) is 2.79. The number of alkyl halides is 9. The zero-order valence-electron chi connectivity index (χ0n) is 18.7. The number of hydrogen-bond donors (Lipinski definition) is 1. The van der Waals surface area contributed by atoms with Crippen LogP contribution in [0.2, 0.25) is 0 Å². The number of nitrogens with zero attached hydrogens (tertiary/aromatic N) is 1. The number of benzene rings is 1. The van der Waals surface area contributed by atoms with E-state index in [0.29, 0.717) is 12.1 Å². The van der Waals surface area contributed by atoms with E-state index in [2.05, 4.69) is 10.3 Å². The van der Waals surface area contributed by atoms with Crippen molar-refractivity contribution in [3.8, 4) is 0 Å². The summed E-state index contributed by atoms with van der Waals surface area (Å²) >= 11 is 0. The van der Waals surface area contributed by atoms with Crippen LogP contribution in [0.5, 0.6) is 0 Å². The van der Waals surface area contributed by atoms with Gasteiger partial charge in [-0.1, -0.05) is 18.2 Å². The summed E-state index contributed by atoms with van der Waals surface area (Å²) < 4.78 is 123. The van der Waals surface area contributed by atoms with Crippen LogP contribution in [-0.4, -0.2) is 49.2 Å². The first-order valence-corrected chi connectivity index (χ1v) is 10.1. The molecule has 2 rings (SSSR count). The van der Waals surface area contributed by atoms with E-state index in [-0.39, 0.29) is 16.8 Å². The molecule has 0 saturated heterocycles. The van der Waals surface area contributed by atoms with Crippen molar-refractivity contribution in [1.82, 2.24) is 4.98 Å². The van der Waals surface area contributed by atoms with Crippen LogP contribution in [0.4, 0.5) is 45.2 Å². The number of esters is 1. The Labute approximate surface area is 198 Å². The molecule has 1 amide bonds. The summed E-state index contributed by atoms with van der Waals surface area (Å²) in [5.74, 6) is -3.27. The Kier molecular flexibility index (Phi) is 8.63. The standard InChI is InChI=1S/C22H19F9N2O3/c1-11-6-14(20(25,21(26,27)28)22(29,30)31)7-12(2)17(11)33-18(34)15-4-3-5-16(32-15)19(35)36-10-13(8-23)9-24/h3-7,13H,8-10H2,1-2H3,(H,33,34). The van der Waals surface area contributed by atoms with Gasteiger partial charge in [-0.3, -0.25) is 13.6 Å². The number of aromatic nitrogens is 1. The van der Waals surface area contributed by atoms with Gasteiger partial charge in [0.25, 0.3) is 5.91 Å². The first-order chi connectivity index (χ1) is 16.6. The summed E-state index contributed by atoms with van der Waals surface area (Å²) in [5, 5.41) is 2.25. The molecular formula is C22H19F9N2O3. The fourth-order valence-corrected chi connectivity index (χ4v) is 3.10. The summed E-state index contributed by atoms with van der Waals surface area (Å²) in [7, 11) is 0. The number of carbonyl (C=O) groups is 2. The number of halogens is 9. The minimum atomic E-state index is -6.30. The van der Waals surface area contributed by atoms with Crippen molar-refractivity contribution < 1.29 is 53.8 Å². The van der Waals surface area contributed by atoms with Crippen LogP contribution in [0.15, 0.2) is 30.3 Å². The van der Waals surface area contributed by atoms with E-state index in [0.717, 1.165) is 26.0 Å². The molecular weight excluding hydrogens is 511 g/mol. The number of nitrogens with one attached hydrogen (secondary N) is 1. The number of hydrogen-bond acceptors (Lipinski definition) is 4. The molecule has 1 N–H and O–H groups in total. The molecule has 0 aliphatic carbocycles. The average molecular weight is 530 g/mol. The number of aryl methyl sites for hydroxylation is 2. The van der Waals surface area contributed by atoms with Crippen LogP contribution >= 0.6 is 0 Å². The van der Waals surface area contributed by atoms with Crippen molar-refractivity contribution in [1.29, 1.82) is 0 Å². The minimum Gasteiger partial charge on any atom is -0.460 e. The maximum Gasteiger partial charge on any atom is 0.435 e. The second-order valence-electron chi connectivity index (χ2n) is 7.77. The van der Waals surface area contributed by atoms with Gasteiger partial charge in [0.1, 0.15) is 11.4 Å². The van der Waals surface area contributed by atoms with E-state index in [9.17, 15) is 49.1 Å². The second kappa shape index (κ2) is 10.7. The minimum absolute atomic E-state index is 0.209. The zero-order valence-corrected chi connectivity index (χ0v) is 18.7. The molecule has 0 aliphatic rings. The Balaban J connectivity index is 2.32. The monoisotopic (exact) mass is 530 g/mol. The number of pyridine rings is 1. The summed E-state index contributed by atoms with van der Waals surface area (Å²) in [5.41, 5.74) is -8.98. The van der Waals surface area contributed by atoms with E-state index in [4.69, 9.17) is 4.74 Å². The summed E-state index contributed by atoms with van der Waals surface area (Å²) in [6.07, 6.45) is -12.6. The molecule has 0 fully saturated rings. The number of rotatable bonds is 8. The maximum absolute atomic E-state index is 14.4. The van der Waals surface area contributed by atoms with Gasteiger partial charge in [0.05, 0.1) is 25.9 Å². The normalized spacial score (nSPS) is 12.6. The van der Waals surface area contributed by atoms with Gasteiger partial charge in [-0.15, -0.1) is 0 Å². The highest BCUT2D eigenvalue weighted by molar-refractivity contribution is 6.04. The molecule has 1 aromatic heterocycles. The fraction of sp³-hybridized carbons (Fsp3) is 0.409. The Hall–Kier alpha value is -3.32. The lowest BCUT2D eigenvalue weighted by molar-refractivity contribution is -0.348. The Morgan fingerprint density at radius 3 is 1.89 bits per heavy atom. The fourth-order valence-electron chi connectivity index (χ4n) is 3.10. The van der Waals surface area contributed by atoms with Crippen molar-refractivity contribution in [3.05, 3.63) is 58.4 Å². The molecule has 0 aliphatic heterocycles. The summed E-state index contributed by atoms with van der Waals surface area (Å²) in [4.78, 5) is 28.4. The zero-order chi connectivity index (χ0) is 27.5. The van der Waals surface area contributed by atoms with Crippen LogP contribution in [0.3, 0.4) is 0 Å². The molecule has 0 spiro atoms. The molecule has 5 nitrogen and oxygen atoms in total. The third-order valence-electron chi connectivity index (χ3n) is 5.03. The lowest BCUT2D eigenvalue weighted by Crippen LogP contribution is -2.50. The van der Waals surface area contributed by atoms with Crippen molar-refractivity contribution in [2.75, 3.05) is 25.3 Å². The van der Waals surface area contributed by atoms with Gasteiger partial charge < -0.3 is 10.1 Å². The molecule has 2 aromatic rings. The van der Waals surface area contributed by atoms with E-state index >= 15 is 0 Å². The molecule has 0 saturated carbocycles. The highest BCUT2D eigenvalue weighted by Crippen LogP contribution is 2.53. The van der Waals surface area contributed by atoms with Crippen molar-refractivity contribution in [2.24, 2.45) is 5.92 Å². The molecule has 0 radical (unpaired) electrons. The van der Waals surface area contributed by atoms with Gasteiger partial charge >= 0.3 is 24.0 Å². The van der Waals surface area contributed by atoms with Gasteiger partial charge in [0.15, 0.2) is 0 Å². The highest BCUT2D eigenvalue weighted by Gasteiger charge is 2.73. The van der Waals surface area contributed by atoms with Crippen LogP contribution in [-0.2, 0) is 10.4 Å². The van der Waals surface area contributed by atoms with E-state index in [1.165, 1.54) is 6.07 Å². The number of anilines is 1. The second-order valence-corrected chi connectivity index (χ2v) is 7.77. The molecule has 1 aromatic carbocycles. The summed E-state index contributed by atoms with van der Waals surface area (Å²) in [6, 6.07) is 4.12. The van der Waals surface area contributed by atoms with Crippen molar-refractivity contribution in [2.45, 2.75) is 31.9 Å². The summed E-state index contributed by atoms with van der Waals surface area (Å²) in [6.45, 7) is -0.612. The topological polar surface area (TPSA) is 68.3 Å². The predicted molar refractivity (Wildman–Crippen MR) is 109 cm³/mol. The Morgan fingerprint density at radius 1 is 0.917 bits per heavy atom. The first kappa shape index (κ1) is 28.9. The smallest absolute Gasteiger partial charge is 0.435 e. The van der Waals surface area contributed by atoms with Crippen LogP contribution in [0.25, 0.3) is 0 Å². The highest BCUT2D eigenvalue weighted by atomic mass is 19.4. The number of amides is 1. The molecule has 0 unspecified atom stereocenters. The van der Waals surface area contributed by atoms with Gasteiger partial charge in [-0.25, -0.2) is 14.2 Å². The van der Waals surface area contributed by atoms with Gasteiger partial charge in [-0.05, 0) is 37.1 Å². The lowest BCUT2D eigenvalue weighted by Gasteiger charge is -2.31. The number of ether oxygens (including phenoxy) is 1. The molecule has 0 atom stereocenters. The quantitative estimate of drug-likeness (QED) is 0.338. The predicted octanol–water partition coefficient (Wildman–Crippen LogP) is 5.95. The number of carbonyl (C=O) groups excluding carboxylic acids is 2. The van der Waals surface area contributed by atoms with Crippen molar-refractivity contribution in [3.63, 3.8) is 0 Å². The first-order valence-electron chi connectivity index (χ1n) is 10.1. The van der Waals surface area contributed by atoms with Gasteiger partial charge in [-0.2, -0.15) is 26.3 Å². The van der Waals surface area contributed by atoms with Gasteiger partial charge in [0, 0.05) is 11.3 Å². The van der Waals surface area contributed by atoms with E-state index in [1.54, 1.807) is 0 Å². The van der Waals surface area contributed by atoms with Crippen LogP contribution < -0.4 is 5.32 Å². The Bertz CT molecular complexity index is 1080. The van der Waals surface area contributed by atoms with Gasteiger partial charge in [0.2, 0.25) is 0 Å². The molecule has 14 heteroatoms. The maximum atomic E-state index is 14.4. The largest absolute Gasteiger partial charge is 0.460 e. The van der Waals surface area contributed by atoms with E-state index in [1.807, 2.05) is 0 Å². The molecule has 198 valence electrons. The van der Waals surface area contributed by atoms with Crippen LogP contribution in [0.1, 0.15) is 37.7 Å². The molecule has 0 bridgehead atoms. The lowest BCUT2D eigenvalue weighted by atomic mass is 9.90. The molecule has 36 heavy (non-hydrogen) atoms. The SMILES string of the molecule is Cc1cc(C(F)(C(F)(F)F)C(F)(F)F)cc(C)c1NC(=O)c1cccc(C(=O)OCC(CF)CF)n1. The third-order valence-corrected chi connectivity index (χ3v) is 5.03. The Morgan fingerprint density at radius 2 is 1.42 bits per heavy atom. The third kappa shape index (κ3) is 5.90. The van der Waals surface area contributed by atoms with Crippen molar-refractivity contribution >= 4 is 17.6 Å². The molecule has 1 heterocycles. The van der Waals surface area contributed by atoms with E-state index < -0.39 is 72.7 Å².